The zero-order valence-corrected chi connectivity index (χ0v) is 16.4. The first kappa shape index (κ1) is 19.1. The van der Waals surface area contributed by atoms with Crippen molar-refractivity contribution < 1.29 is 18.8 Å². The van der Waals surface area contributed by atoms with Crippen LogP contribution in [-0.2, 0) is 16.3 Å². The number of rotatable bonds is 6. The first-order chi connectivity index (χ1) is 10.7. The van der Waals surface area contributed by atoms with Gasteiger partial charge in [0.15, 0.2) is 11.0 Å². The summed E-state index contributed by atoms with van der Waals surface area (Å²) in [6, 6.07) is 6.97. The Labute approximate surface area is 150 Å². The van der Waals surface area contributed by atoms with Gasteiger partial charge in [0.2, 0.25) is 5.69 Å². The summed E-state index contributed by atoms with van der Waals surface area (Å²) in [7, 11) is 0. The lowest BCUT2D eigenvalue weighted by molar-refractivity contribution is -0.864. The van der Waals surface area contributed by atoms with Gasteiger partial charge in [-0.1, -0.05) is 34.9 Å². The van der Waals surface area contributed by atoms with Gasteiger partial charge in [-0.15, -0.1) is 4.59 Å². The Morgan fingerprint density at radius 2 is 2.04 bits per heavy atom. The molecule has 0 saturated carbocycles. The van der Waals surface area contributed by atoms with Crippen molar-refractivity contribution in [1.82, 2.24) is 0 Å². The average molecular weight is 394 g/mol. The SMILES string of the molecule is CCOP(O)(=S)SC[N+]1(C(C)C)N=C(Cl)c2ccccc2C1=O. The topological polar surface area (TPSA) is 58.9 Å². The van der Waals surface area contributed by atoms with Crippen molar-refractivity contribution in [2.75, 3.05) is 12.5 Å². The summed E-state index contributed by atoms with van der Waals surface area (Å²) in [6.45, 7) is 5.87. The van der Waals surface area contributed by atoms with Gasteiger partial charge in [-0.3, -0.25) is 0 Å². The predicted octanol–water partition coefficient (Wildman–Crippen LogP) is 3.91. The molecular weight excluding hydrogens is 375 g/mol. The molecule has 1 aliphatic heterocycles. The number of quaternary nitrogens is 1. The molecule has 1 N–H and O–H groups in total. The molecule has 0 fully saturated rings. The van der Waals surface area contributed by atoms with Gasteiger partial charge in [0.25, 0.3) is 0 Å². The normalized spacial score (nSPS) is 23.4. The van der Waals surface area contributed by atoms with Gasteiger partial charge >= 0.3 is 5.91 Å². The zero-order valence-electron chi connectivity index (χ0n) is 13.1. The Bertz CT molecular complexity index is 698. The number of carbonyl (C=O) groups excluding carboxylic acids is 1. The van der Waals surface area contributed by atoms with Gasteiger partial charge in [0.05, 0.1) is 12.2 Å². The third-order valence-electron chi connectivity index (χ3n) is 3.56. The maximum absolute atomic E-state index is 13.0. The third-order valence-corrected chi connectivity index (χ3v) is 8.17. The van der Waals surface area contributed by atoms with Gasteiger partial charge < -0.3 is 9.42 Å². The molecule has 0 aliphatic carbocycles. The van der Waals surface area contributed by atoms with E-state index in [1.807, 2.05) is 19.9 Å². The van der Waals surface area contributed by atoms with Crippen LogP contribution >= 0.6 is 28.7 Å². The minimum atomic E-state index is -3.00. The van der Waals surface area contributed by atoms with Crippen LogP contribution in [0.15, 0.2) is 29.4 Å². The van der Waals surface area contributed by atoms with Crippen molar-refractivity contribution in [2.45, 2.75) is 26.8 Å². The van der Waals surface area contributed by atoms with E-state index in [1.165, 1.54) is 0 Å². The standard InChI is InChI=1S/C14H18ClN2O3PS2/c1-4-20-21(19,22)23-9-17(10(2)3)14(18)12-8-6-5-7-11(12)13(15)16-17/h5-8,10H,4,9H2,1-3H3/p+1. The summed E-state index contributed by atoms with van der Waals surface area (Å²) < 4.78 is 4.97. The van der Waals surface area contributed by atoms with E-state index < -0.39 is 5.69 Å². The van der Waals surface area contributed by atoms with Crippen LogP contribution in [0.4, 0.5) is 0 Å². The number of hydrogen-bond acceptors (Lipinski definition) is 5. The van der Waals surface area contributed by atoms with E-state index in [4.69, 9.17) is 27.9 Å². The Morgan fingerprint density at radius 1 is 1.43 bits per heavy atom. The molecule has 1 aromatic rings. The molecule has 0 aromatic heterocycles. The molecule has 0 spiro atoms. The molecule has 23 heavy (non-hydrogen) atoms. The fourth-order valence-corrected chi connectivity index (χ4v) is 6.00. The summed E-state index contributed by atoms with van der Waals surface area (Å²) >= 11 is 12.5. The lowest BCUT2D eigenvalue weighted by Crippen LogP contribution is -2.55. The summed E-state index contributed by atoms with van der Waals surface area (Å²) in [6.07, 6.45) is 0. The summed E-state index contributed by atoms with van der Waals surface area (Å²) in [5.74, 6) is 0.0217. The van der Waals surface area contributed by atoms with E-state index in [2.05, 4.69) is 5.10 Å². The molecule has 9 heteroatoms. The van der Waals surface area contributed by atoms with Crippen LogP contribution in [-0.4, -0.2) is 39.1 Å². The molecule has 0 saturated heterocycles. The molecule has 2 unspecified atom stereocenters. The minimum Gasteiger partial charge on any atom is -0.337 e. The van der Waals surface area contributed by atoms with Gasteiger partial charge in [0.1, 0.15) is 6.04 Å². The van der Waals surface area contributed by atoms with Crippen LogP contribution in [0.2, 0.25) is 0 Å². The highest BCUT2D eigenvalue weighted by molar-refractivity contribution is 8.67. The van der Waals surface area contributed by atoms with Gasteiger partial charge in [-0.25, -0.2) is 4.79 Å². The Hall–Kier alpha value is -0.270. The second-order valence-electron chi connectivity index (χ2n) is 5.31. The van der Waals surface area contributed by atoms with Gasteiger partial charge in [-0.05, 0) is 50.0 Å². The number of fused-ring (bicyclic) bond motifs is 1. The second-order valence-corrected chi connectivity index (χ2v) is 11.8. The average Bonchev–Trinajstić information content (AvgIpc) is 2.49. The van der Waals surface area contributed by atoms with Crippen molar-refractivity contribution in [2.24, 2.45) is 5.10 Å². The highest BCUT2D eigenvalue weighted by Gasteiger charge is 2.47. The van der Waals surface area contributed by atoms with Crippen LogP contribution in [0.3, 0.4) is 0 Å². The predicted molar refractivity (Wildman–Crippen MR) is 99.1 cm³/mol. The quantitative estimate of drug-likeness (QED) is 0.586. The monoisotopic (exact) mass is 393 g/mol. The van der Waals surface area contributed by atoms with E-state index in [-0.39, 0.29) is 27.6 Å². The second kappa shape index (κ2) is 7.31. The van der Waals surface area contributed by atoms with Crippen molar-refractivity contribution in [3.05, 3.63) is 35.4 Å². The first-order valence-electron chi connectivity index (χ1n) is 7.13. The molecule has 0 bridgehead atoms. The van der Waals surface area contributed by atoms with E-state index in [1.54, 1.807) is 25.1 Å². The third kappa shape index (κ3) is 3.87. The molecule has 2 atom stereocenters. The van der Waals surface area contributed by atoms with Gasteiger partial charge in [-0.2, -0.15) is 0 Å². The molecule has 1 aliphatic rings. The minimum absolute atomic E-state index is 0.154. The van der Waals surface area contributed by atoms with E-state index in [9.17, 15) is 9.69 Å². The Balaban J connectivity index is 2.41. The molecule has 126 valence electrons. The van der Waals surface area contributed by atoms with Crippen LogP contribution in [0.25, 0.3) is 0 Å². The lowest BCUT2D eigenvalue weighted by Gasteiger charge is -2.36. The zero-order chi connectivity index (χ0) is 17.3. The number of carbonyl (C=O) groups is 1. The number of hydrogen-bond donors (Lipinski definition) is 1. The number of benzene rings is 1. The summed E-state index contributed by atoms with van der Waals surface area (Å²) in [5, 5.41) is 4.74. The molecule has 1 aromatic carbocycles. The fourth-order valence-electron chi connectivity index (χ4n) is 2.26. The van der Waals surface area contributed by atoms with Gasteiger partial charge in [0, 0.05) is 5.56 Å². The number of halogens is 1. The van der Waals surface area contributed by atoms with Crippen LogP contribution in [0.1, 0.15) is 36.7 Å². The maximum atomic E-state index is 13.0. The first-order valence-corrected chi connectivity index (χ1v) is 11.8. The van der Waals surface area contributed by atoms with Crippen LogP contribution < -0.4 is 0 Å². The highest BCUT2D eigenvalue weighted by Crippen LogP contribution is 2.57. The fraction of sp³-hybridized carbons (Fsp3) is 0.429. The van der Waals surface area contributed by atoms with Crippen molar-refractivity contribution in [3.63, 3.8) is 0 Å². The van der Waals surface area contributed by atoms with Crippen molar-refractivity contribution in [3.8, 4) is 0 Å². The lowest BCUT2D eigenvalue weighted by atomic mass is 10.0. The molecule has 5 nitrogen and oxygen atoms in total. The maximum Gasteiger partial charge on any atom is 0.373 e. The Morgan fingerprint density at radius 3 is 2.61 bits per heavy atom. The molecule has 2 rings (SSSR count). The number of nitrogens with zero attached hydrogens (tertiary/aromatic N) is 2. The smallest absolute Gasteiger partial charge is 0.337 e. The van der Waals surface area contributed by atoms with E-state index >= 15 is 0 Å². The molecule has 0 radical (unpaired) electrons. The largest absolute Gasteiger partial charge is 0.373 e. The highest BCUT2D eigenvalue weighted by atomic mass is 35.5. The summed E-state index contributed by atoms with van der Waals surface area (Å²) in [4.78, 5) is 23.2. The summed E-state index contributed by atoms with van der Waals surface area (Å²) in [5.41, 5.74) is -1.84. The molecular formula is C14H19ClN2O3PS2+. The van der Waals surface area contributed by atoms with Crippen molar-refractivity contribution in [1.29, 1.82) is 0 Å². The van der Waals surface area contributed by atoms with E-state index in [0.29, 0.717) is 17.7 Å². The number of amides is 1. The van der Waals surface area contributed by atoms with Crippen molar-refractivity contribution >= 4 is 51.6 Å². The molecule has 1 amide bonds. The van der Waals surface area contributed by atoms with Crippen LogP contribution in [0.5, 0.6) is 0 Å². The molecule has 1 heterocycles. The van der Waals surface area contributed by atoms with E-state index in [0.717, 1.165) is 11.4 Å². The Kier molecular flexibility index (Phi) is 6.06. The van der Waals surface area contributed by atoms with Crippen LogP contribution in [0, 0.1) is 0 Å².